The number of nitrogens with zero attached hydrogens (tertiary/aromatic N) is 3. The van der Waals surface area contributed by atoms with E-state index in [0.717, 1.165) is 5.56 Å². The van der Waals surface area contributed by atoms with E-state index in [4.69, 9.17) is 10.5 Å². The van der Waals surface area contributed by atoms with Crippen molar-refractivity contribution in [1.82, 2.24) is 19.5 Å². The number of anilines is 1. The lowest BCUT2D eigenvalue weighted by atomic mass is 10.1. The fourth-order valence-electron chi connectivity index (χ4n) is 2.60. The Labute approximate surface area is 144 Å². The number of hydrogen-bond acceptors (Lipinski definition) is 6. The molecule has 1 aromatic carbocycles. The Kier molecular flexibility index (Phi) is 5.42. The zero-order chi connectivity index (χ0) is 17.6. The second-order valence-corrected chi connectivity index (χ2v) is 5.90. The van der Waals surface area contributed by atoms with E-state index in [9.17, 15) is 9.90 Å². The lowest BCUT2D eigenvalue weighted by Crippen LogP contribution is -2.17. The van der Waals surface area contributed by atoms with Gasteiger partial charge in [0.1, 0.15) is 0 Å². The number of aliphatic hydroxyl groups is 1. The van der Waals surface area contributed by atoms with E-state index in [0.29, 0.717) is 31.8 Å². The van der Waals surface area contributed by atoms with Crippen LogP contribution in [0.4, 0.5) is 5.95 Å². The lowest BCUT2D eigenvalue weighted by Gasteiger charge is -2.15. The maximum Gasteiger partial charge on any atom is 0.280 e. The molecule has 4 N–H and O–H groups in total. The zero-order valence-electron chi connectivity index (χ0n) is 13.8. The number of aryl methyl sites for hydroxylation is 1. The SMILES string of the molecule is Nc1nc2c(ncn2CC[C@H](CO)COCc2ccccc2)c(=O)[nH]1. The van der Waals surface area contributed by atoms with Crippen LogP contribution in [-0.4, -0.2) is 37.8 Å². The number of nitrogens with two attached hydrogens (primary N) is 1. The topological polar surface area (TPSA) is 119 Å². The number of imidazole rings is 1. The van der Waals surface area contributed by atoms with Gasteiger partial charge in [0.15, 0.2) is 11.2 Å². The smallest absolute Gasteiger partial charge is 0.280 e. The van der Waals surface area contributed by atoms with Gasteiger partial charge < -0.3 is 20.1 Å². The molecule has 2 aromatic heterocycles. The van der Waals surface area contributed by atoms with Crippen molar-refractivity contribution in [1.29, 1.82) is 0 Å². The van der Waals surface area contributed by atoms with E-state index in [1.54, 1.807) is 10.9 Å². The van der Waals surface area contributed by atoms with E-state index in [1.165, 1.54) is 0 Å². The Bertz CT molecular complexity index is 875. The van der Waals surface area contributed by atoms with Crippen LogP contribution in [0.25, 0.3) is 11.2 Å². The Hall–Kier alpha value is -2.71. The molecule has 0 aliphatic carbocycles. The van der Waals surface area contributed by atoms with E-state index in [-0.39, 0.29) is 29.5 Å². The Morgan fingerprint density at radius 2 is 2.12 bits per heavy atom. The van der Waals surface area contributed by atoms with E-state index in [2.05, 4.69) is 15.0 Å². The number of benzene rings is 1. The predicted octanol–water partition coefficient (Wildman–Crippen LogP) is 0.917. The second-order valence-electron chi connectivity index (χ2n) is 5.90. The lowest BCUT2D eigenvalue weighted by molar-refractivity contribution is 0.0580. The Balaban J connectivity index is 1.57. The van der Waals surface area contributed by atoms with Gasteiger partial charge in [-0.15, -0.1) is 0 Å². The maximum absolute atomic E-state index is 11.8. The standard InChI is InChI=1S/C17H21N5O3/c18-17-20-15-14(16(24)21-17)19-11-22(15)7-6-13(8-23)10-25-9-12-4-2-1-3-5-12/h1-5,11,13,23H,6-10H2,(H3,18,20,21,24)/t13-/m1/s1. The number of aromatic amines is 1. The highest BCUT2D eigenvalue weighted by atomic mass is 16.5. The zero-order valence-corrected chi connectivity index (χ0v) is 13.8. The van der Waals surface area contributed by atoms with Gasteiger partial charge in [-0.05, 0) is 12.0 Å². The molecule has 8 heteroatoms. The van der Waals surface area contributed by atoms with Gasteiger partial charge in [-0.25, -0.2) is 4.98 Å². The van der Waals surface area contributed by atoms with Gasteiger partial charge in [-0.1, -0.05) is 30.3 Å². The summed E-state index contributed by atoms with van der Waals surface area (Å²) >= 11 is 0. The van der Waals surface area contributed by atoms with Gasteiger partial charge >= 0.3 is 0 Å². The highest BCUT2D eigenvalue weighted by Crippen LogP contribution is 2.12. The molecule has 0 bridgehead atoms. The molecule has 0 aliphatic rings. The third-order valence-corrected chi connectivity index (χ3v) is 3.99. The molecule has 3 rings (SSSR count). The molecule has 25 heavy (non-hydrogen) atoms. The third kappa shape index (κ3) is 4.23. The molecule has 0 saturated carbocycles. The van der Waals surface area contributed by atoms with Gasteiger partial charge in [0, 0.05) is 19.1 Å². The van der Waals surface area contributed by atoms with Crippen molar-refractivity contribution < 1.29 is 9.84 Å². The molecule has 0 spiro atoms. The summed E-state index contributed by atoms with van der Waals surface area (Å²) in [6, 6.07) is 9.89. The van der Waals surface area contributed by atoms with E-state index in [1.807, 2.05) is 30.3 Å². The third-order valence-electron chi connectivity index (χ3n) is 3.99. The van der Waals surface area contributed by atoms with Crippen LogP contribution >= 0.6 is 0 Å². The van der Waals surface area contributed by atoms with Crippen molar-refractivity contribution in [3.05, 3.63) is 52.6 Å². The number of aromatic nitrogens is 4. The van der Waals surface area contributed by atoms with Gasteiger partial charge in [0.2, 0.25) is 5.95 Å². The fourth-order valence-corrected chi connectivity index (χ4v) is 2.60. The second kappa shape index (κ2) is 7.91. The number of aliphatic hydroxyl groups excluding tert-OH is 1. The van der Waals surface area contributed by atoms with Crippen molar-refractivity contribution in [2.24, 2.45) is 5.92 Å². The Morgan fingerprint density at radius 3 is 2.88 bits per heavy atom. The van der Waals surface area contributed by atoms with Crippen LogP contribution in [0.2, 0.25) is 0 Å². The summed E-state index contributed by atoms with van der Waals surface area (Å²) in [7, 11) is 0. The maximum atomic E-state index is 11.8. The molecular weight excluding hydrogens is 322 g/mol. The summed E-state index contributed by atoms with van der Waals surface area (Å²) in [6.45, 7) is 1.55. The predicted molar refractivity (Wildman–Crippen MR) is 93.9 cm³/mol. The number of H-pyrrole nitrogens is 1. The van der Waals surface area contributed by atoms with Crippen LogP contribution in [0, 0.1) is 5.92 Å². The normalized spacial score (nSPS) is 12.5. The summed E-state index contributed by atoms with van der Waals surface area (Å²) in [4.78, 5) is 22.4. The quantitative estimate of drug-likeness (QED) is 0.559. The van der Waals surface area contributed by atoms with Crippen molar-refractivity contribution in [3.8, 4) is 0 Å². The van der Waals surface area contributed by atoms with Gasteiger partial charge in [0.25, 0.3) is 5.56 Å². The molecule has 0 fully saturated rings. The largest absolute Gasteiger partial charge is 0.396 e. The number of ether oxygens (including phenoxy) is 1. The van der Waals surface area contributed by atoms with Crippen molar-refractivity contribution >= 4 is 17.1 Å². The monoisotopic (exact) mass is 343 g/mol. The van der Waals surface area contributed by atoms with E-state index < -0.39 is 0 Å². The first kappa shape index (κ1) is 17.1. The molecule has 0 amide bonds. The number of fused-ring (bicyclic) bond motifs is 1. The minimum atomic E-state index is -0.355. The van der Waals surface area contributed by atoms with Crippen LogP contribution in [0.5, 0.6) is 0 Å². The fraction of sp³-hybridized carbons (Fsp3) is 0.353. The van der Waals surface area contributed by atoms with Crippen LogP contribution < -0.4 is 11.3 Å². The van der Waals surface area contributed by atoms with Crippen molar-refractivity contribution in [2.75, 3.05) is 18.9 Å². The number of nitrogens with one attached hydrogen (secondary N) is 1. The highest BCUT2D eigenvalue weighted by Gasteiger charge is 2.12. The molecule has 8 nitrogen and oxygen atoms in total. The summed E-state index contributed by atoms with van der Waals surface area (Å²) in [5.41, 5.74) is 7.04. The molecule has 2 heterocycles. The Morgan fingerprint density at radius 1 is 1.32 bits per heavy atom. The first-order valence-electron chi connectivity index (χ1n) is 8.10. The summed E-state index contributed by atoms with van der Waals surface area (Å²) in [6.07, 6.45) is 2.23. The number of rotatable bonds is 8. The molecule has 1 atom stereocenters. The molecule has 0 unspecified atom stereocenters. The molecule has 0 saturated heterocycles. The first-order chi connectivity index (χ1) is 12.2. The minimum Gasteiger partial charge on any atom is -0.396 e. The van der Waals surface area contributed by atoms with Crippen LogP contribution in [0.1, 0.15) is 12.0 Å². The van der Waals surface area contributed by atoms with Crippen molar-refractivity contribution in [2.45, 2.75) is 19.6 Å². The average molecular weight is 343 g/mol. The van der Waals surface area contributed by atoms with Gasteiger partial charge in [0.05, 0.1) is 19.5 Å². The molecule has 0 aliphatic heterocycles. The van der Waals surface area contributed by atoms with Crippen LogP contribution in [-0.2, 0) is 17.9 Å². The number of nitrogen functional groups attached to an aromatic ring is 1. The van der Waals surface area contributed by atoms with Crippen LogP contribution in [0.3, 0.4) is 0 Å². The molecule has 0 radical (unpaired) electrons. The average Bonchev–Trinajstić information content (AvgIpc) is 3.02. The molecule has 3 aromatic rings. The van der Waals surface area contributed by atoms with Crippen LogP contribution in [0.15, 0.2) is 41.5 Å². The summed E-state index contributed by atoms with van der Waals surface area (Å²) in [5, 5.41) is 9.56. The minimum absolute atomic E-state index is 0.0134. The van der Waals surface area contributed by atoms with E-state index >= 15 is 0 Å². The number of hydrogen-bond donors (Lipinski definition) is 3. The van der Waals surface area contributed by atoms with Gasteiger partial charge in [-0.3, -0.25) is 9.78 Å². The molecular formula is C17H21N5O3. The molecule has 132 valence electrons. The summed E-state index contributed by atoms with van der Waals surface area (Å²) in [5.74, 6) is 0.0460. The first-order valence-corrected chi connectivity index (χ1v) is 8.10. The summed E-state index contributed by atoms with van der Waals surface area (Å²) < 4.78 is 7.46. The van der Waals surface area contributed by atoms with Crippen molar-refractivity contribution in [3.63, 3.8) is 0 Å². The van der Waals surface area contributed by atoms with Gasteiger partial charge in [-0.2, -0.15) is 4.98 Å². The highest BCUT2D eigenvalue weighted by molar-refractivity contribution is 5.70.